The Hall–Kier alpha value is -2.31. The summed E-state index contributed by atoms with van der Waals surface area (Å²) in [6.45, 7) is 0. The van der Waals surface area contributed by atoms with E-state index in [0.717, 1.165) is 12.1 Å². The Labute approximate surface area is 76.9 Å². The molecule has 2 N–H and O–H groups in total. The lowest BCUT2D eigenvalue weighted by Gasteiger charge is -2.01. The normalized spacial score (nSPS) is 9.43. The second-order valence-corrected chi connectivity index (χ2v) is 2.32. The number of nitroso groups, excluding NO2 is 2. The Morgan fingerprint density at radius 3 is 2.29 bits per heavy atom. The zero-order valence-electron chi connectivity index (χ0n) is 6.67. The van der Waals surface area contributed by atoms with Gasteiger partial charge < -0.3 is 10.2 Å². The molecule has 0 heterocycles. The number of hydrogen-bond donors (Lipinski definition) is 2. The molecule has 0 saturated heterocycles. The molecule has 0 aliphatic rings. The first-order chi connectivity index (χ1) is 6.61. The van der Waals surface area contributed by atoms with Crippen molar-refractivity contribution in [2.45, 2.75) is 0 Å². The molecule has 0 aromatic heterocycles. The third-order valence-electron chi connectivity index (χ3n) is 1.55. The smallest absolute Gasteiger partial charge is 0.339 e. The second kappa shape index (κ2) is 3.60. The maximum absolute atomic E-state index is 10.5. The molecular formula is C7H4N2O5. The summed E-state index contributed by atoms with van der Waals surface area (Å²) in [5, 5.41) is 22.5. The number of phenols is 1. The van der Waals surface area contributed by atoms with Crippen LogP contribution in [0.5, 0.6) is 5.75 Å². The summed E-state index contributed by atoms with van der Waals surface area (Å²) < 4.78 is 0. The maximum Gasteiger partial charge on any atom is 0.339 e. The molecule has 7 nitrogen and oxygen atoms in total. The number of nitrogens with zero attached hydrogens (tertiary/aromatic N) is 2. The lowest BCUT2D eigenvalue weighted by molar-refractivity contribution is 0.0694. The first-order valence-corrected chi connectivity index (χ1v) is 3.37. The highest BCUT2D eigenvalue weighted by atomic mass is 16.4. The predicted octanol–water partition coefficient (Wildman–Crippen LogP) is 1.89. The number of rotatable bonds is 3. The van der Waals surface area contributed by atoms with Crippen molar-refractivity contribution >= 4 is 17.3 Å². The summed E-state index contributed by atoms with van der Waals surface area (Å²) in [5.74, 6) is -2.28. The van der Waals surface area contributed by atoms with E-state index in [4.69, 9.17) is 5.11 Å². The van der Waals surface area contributed by atoms with E-state index in [1.807, 2.05) is 0 Å². The molecule has 14 heavy (non-hydrogen) atoms. The summed E-state index contributed by atoms with van der Waals surface area (Å²) in [6.07, 6.45) is 0. The topological polar surface area (TPSA) is 116 Å². The van der Waals surface area contributed by atoms with Crippen molar-refractivity contribution in [2.24, 2.45) is 10.4 Å². The van der Waals surface area contributed by atoms with Crippen molar-refractivity contribution in [3.05, 3.63) is 27.5 Å². The summed E-state index contributed by atoms with van der Waals surface area (Å²) in [4.78, 5) is 30.8. The third kappa shape index (κ3) is 1.42. The van der Waals surface area contributed by atoms with Gasteiger partial charge in [-0.2, -0.15) is 0 Å². The van der Waals surface area contributed by atoms with Gasteiger partial charge in [0, 0.05) is 0 Å². The lowest BCUT2D eigenvalue weighted by Crippen LogP contribution is -1.96. The Morgan fingerprint density at radius 1 is 1.21 bits per heavy atom. The quantitative estimate of drug-likeness (QED) is 0.715. The molecule has 0 fully saturated rings. The summed E-state index contributed by atoms with van der Waals surface area (Å²) in [5.41, 5.74) is -1.57. The summed E-state index contributed by atoms with van der Waals surface area (Å²) in [7, 11) is 0. The van der Waals surface area contributed by atoms with Crippen LogP contribution in [-0.4, -0.2) is 16.2 Å². The van der Waals surface area contributed by atoms with Crippen LogP contribution < -0.4 is 0 Å². The lowest BCUT2D eigenvalue weighted by atomic mass is 10.1. The van der Waals surface area contributed by atoms with Crippen LogP contribution in [0, 0.1) is 9.81 Å². The molecule has 0 spiro atoms. The SMILES string of the molecule is O=Nc1ccc(C(=O)O)c(O)c1N=O. The van der Waals surface area contributed by atoms with Gasteiger partial charge in [0.05, 0.1) is 0 Å². The minimum absolute atomic E-state index is 0.400. The van der Waals surface area contributed by atoms with Crippen LogP contribution in [0.4, 0.5) is 11.4 Å². The van der Waals surface area contributed by atoms with Gasteiger partial charge >= 0.3 is 5.97 Å². The van der Waals surface area contributed by atoms with Crippen molar-refractivity contribution in [2.75, 3.05) is 0 Å². The first kappa shape index (κ1) is 9.78. The highest BCUT2D eigenvalue weighted by Crippen LogP contribution is 2.38. The van der Waals surface area contributed by atoms with Crippen molar-refractivity contribution in [1.82, 2.24) is 0 Å². The van der Waals surface area contributed by atoms with Crippen molar-refractivity contribution in [3.8, 4) is 5.75 Å². The van der Waals surface area contributed by atoms with E-state index in [0.29, 0.717) is 0 Å². The Kier molecular flexibility index (Phi) is 2.52. The predicted molar refractivity (Wildman–Crippen MR) is 46.0 cm³/mol. The molecule has 7 heteroatoms. The van der Waals surface area contributed by atoms with Gasteiger partial charge in [0.2, 0.25) is 0 Å². The van der Waals surface area contributed by atoms with E-state index >= 15 is 0 Å². The molecule has 1 rings (SSSR count). The zero-order valence-corrected chi connectivity index (χ0v) is 6.67. The second-order valence-electron chi connectivity index (χ2n) is 2.32. The van der Waals surface area contributed by atoms with Gasteiger partial charge in [0.1, 0.15) is 11.3 Å². The fourth-order valence-electron chi connectivity index (χ4n) is 0.905. The number of aromatic carboxylic acids is 1. The highest BCUT2D eigenvalue weighted by Gasteiger charge is 2.18. The third-order valence-corrected chi connectivity index (χ3v) is 1.55. The van der Waals surface area contributed by atoms with Gasteiger partial charge in [0.25, 0.3) is 0 Å². The molecule has 0 saturated carbocycles. The molecule has 0 radical (unpaired) electrons. The molecule has 0 amide bonds. The van der Waals surface area contributed by atoms with Crippen LogP contribution in [0.3, 0.4) is 0 Å². The minimum atomic E-state index is -1.43. The fourth-order valence-corrected chi connectivity index (χ4v) is 0.905. The number of benzene rings is 1. The Balaban J connectivity index is 3.49. The van der Waals surface area contributed by atoms with Crippen LogP contribution >= 0.6 is 0 Å². The number of carboxylic acid groups (broad SMARTS) is 1. The number of hydrogen-bond acceptors (Lipinski definition) is 6. The fraction of sp³-hybridized carbons (Fsp3) is 0. The van der Waals surface area contributed by atoms with Gasteiger partial charge in [-0.3, -0.25) is 0 Å². The molecular weight excluding hydrogens is 192 g/mol. The van der Waals surface area contributed by atoms with Crippen molar-refractivity contribution in [1.29, 1.82) is 0 Å². The maximum atomic E-state index is 10.5. The first-order valence-electron chi connectivity index (χ1n) is 3.37. The Bertz CT molecular complexity index is 415. The average molecular weight is 196 g/mol. The van der Waals surface area contributed by atoms with E-state index in [2.05, 4.69) is 10.4 Å². The minimum Gasteiger partial charge on any atom is -0.505 e. The molecule has 1 aromatic carbocycles. The largest absolute Gasteiger partial charge is 0.505 e. The van der Waals surface area contributed by atoms with Crippen LogP contribution in [0.2, 0.25) is 0 Å². The van der Waals surface area contributed by atoms with Gasteiger partial charge in [-0.25, -0.2) is 4.79 Å². The standard InChI is InChI=1S/C7H4N2O5/c10-6-3(7(11)12)1-2-4(8-13)5(6)9-14/h1-2,10H,(H,11,12). The van der Waals surface area contributed by atoms with Crippen molar-refractivity contribution < 1.29 is 15.0 Å². The average Bonchev–Trinajstić information content (AvgIpc) is 2.16. The van der Waals surface area contributed by atoms with Crippen LogP contribution in [0.15, 0.2) is 22.5 Å². The van der Waals surface area contributed by atoms with Gasteiger partial charge in [-0.05, 0) is 22.5 Å². The molecule has 0 aliphatic carbocycles. The van der Waals surface area contributed by atoms with E-state index in [1.165, 1.54) is 0 Å². The van der Waals surface area contributed by atoms with Gasteiger partial charge in [0.15, 0.2) is 11.4 Å². The van der Waals surface area contributed by atoms with E-state index < -0.39 is 28.7 Å². The Morgan fingerprint density at radius 2 is 1.86 bits per heavy atom. The number of carbonyl (C=O) groups is 1. The van der Waals surface area contributed by atoms with E-state index in [-0.39, 0.29) is 0 Å². The van der Waals surface area contributed by atoms with Crippen LogP contribution in [-0.2, 0) is 0 Å². The van der Waals surface area contributed by atoms with Crippen LogP contribution in [0.1, 0.15) is 10.4 Å². The van der Waals surface area contributed by atoms with Gasteiger partial charge in [-0.1, -0.05) is 0 Å². The van der Waals surface area contributed by atoms with E-state index in [1.54, 1.807) is 0 Å². The van der Waals surface area contributed by atoms with Crippen molar-refractivity contribution in [3.63, 3.8) is 0 Å². The molecule has 0 bridgehead atoms. The summed E-state index contributed by atoms with van der Waals surface area (Å²) >= 11 is 0. The van der Waals surface area contributed by atoms with Crippen LogP contribution in [0.25, 0.3) is 0 Å². The summed E-state index contributed by atoms with van der Waals surface area (Å²) in [6, 6.07) is 1.95. The monoisotopic (exact) mass is 196 g/mol. The molecule has 0 aliphatic heterocycles. The number of carboxylic acids is 1. The number of aromatic hydroxyl groups is 1. The highest BCUT2D eigenvalue weighted by molar-refractivity contribution is 5.94. The van der Waals surface area contributed by atoms with Gasteiger partial charge in [-0.15, -0.1) is 9.81 Å². The zero-order chi connectivity index (χ0) is 10.7. The van der Waals surface area contributed by atoms with E-state index in [9.17, 15) is 19.7 Å². The molecule has 0 unspecified atom stereocenters. The molecule has 0 atom stereocenters. The molecule has 1 aromatic rings. The molecule has 72 valence electrons.